The second-order valence-corrected chi connectivity index (χ2v) is 7.57. The van der Waals surface area contributed by atoms with E-state index >= 15 is 0 Å². The molecule has 6 nitrogen and oxygen atoms in total. The van der Waals surface area contributed by atoms with E-state index in [1.54, 1.807) is 0 Å². The predicted molar refractivity (Wildman–Crippen MR) is 117 cm³/mol. The quantitative estimate of drug-likeness (QED) is 0.580. The van der Waals surface area contributed by atoms with Crippen molar-refractivity contribution in [3.63, 3.8) is 0 Å². The Morgan fingerprint density at radius 1 is 1.03 bits per heavy atom. The highest BCUT2D eigenvalue weighted by atomic mass is 16.3. The molecule has 1 aliphatic rings. The van der Waals surface area contributed by atoms with Gasteiger partial charge in [-0.1, -0.05) is 60.7 Å². The van der Waals surface area contributed by atoms with Gasteiger partial charge in [0.1, 0.15) is 0 Å². The van der Waals surface area contributed by atoms with Crippen molar-refractivity contribution in [2.45, 2.75) is 38.3 Å². The molecule has 2 aromatic carbocycles. The summed E-state index contributed by atoms with van der Waals surface area (Å²) in [6, 6.07) is 20.3. The lowest BCUT2D eigenvalue weighted by molar-refractivity contribution is -0.123. The van der Waals surface area contributed by atoms with Crippen LogP contribution in [0, 0.1) is 5.92 Å². The third-order valence-electron chi connectivity index (χ3n) is 5.45. The van der Waals surface area contributed by atoms with Gasteiger partial charge in [0.15, 0.2) is 0 Å². The number of nitrogens with zero attached hydrogens (tertiary/aromatic N) is 1. The fraction of sp³-hybridized carbons (Fsp3) is 0.417. The van der Waals surface area contributed by atoms with E-state index in [0.29, 0.717) is 19.0 Å². The van der Waals surface area contributed by atoms with Crippen LogP contribution in [0.15, 0.2) is 60.7 Å². The van der Waals surface area contributed by atoms with Gasteiger partial charge in [-0.15, -0.1) is 0 Å². The standard InChI is InChI=1S/C23H30N2O2.CH2O2/c26-22(12-11-19-7-3-1-4-8-19)21-13-15-25(16-14-21)18-23(27)24-17-20-9-5-2-6-10-20;2-1-3/h1-10,21-22,26H,11-18H2,(H,24,27);1H,(H,2,3). The first kappa shape index (κ1) is 23.6. The minimum Gasteiger partial charge on any atom is -0.483 e. The number of carboxylic acid groups (broad SMARTS) is 1. The number of benzene rings is 2. The summed E-state index contributed by atoms with van der Waals surface area (Å²) in [7, 11) is 0. The van der Waals surface area contributed by atoms with E-state index < -0.39 is 0 Å². The van der Waals surface area contributed by atoms with Crippen LogP contribution in [0.4, 0.5) is 0 Å². The third-order valence-corrected chi connectivity index (χ3v) is 5.45. The lowest BCUT2D eigenvalue weighted by Gasteiger charge is -2.33. The minimum atomic E-state index is -0.251. The van der Waals surface area contributed by atoms with Gasteiger partial charge in [0, 0.05) is 6.54 Å². The average Bonchev–Trinajstić information content (AvgIpc) is 2.78. The molecule has 1 saturated heterocycles. The molecular weight excluding hydrogens is 380 g/mol. The van der Waals surface area contributed by atoms with E-state index in [1.807, 2.05) is 48.5 Å². The first-order valence-electron chi connectivity index (χ1n) is 10.4. The van der Waals surface area contributed by atoms with Crippen molar-refractivity contribution in [2.75, 3.05) is 19.6 Å². The van der Waals surface area contributed by atoms with Gasteiger partial charge < -0.3 is 15.5 Å². The van der Waals surface area contributed by atoms with Crippen molar-refractivity contribution in [3.8, 4) is 0 Å². The van der Waals surface area contributed by atoms with Gasteiger partial charge >= 0.3 is 0 Å². The summed E-state index contributed by atoms with van der Waals surface area (Å²) in [5, 5.41) is 20.4. The molecule has 0 spiro atoms. The molecule has 1 heterocycles. The van der Waals surface area contributed by atoms with Crippen LogP contribution in [0.5, 0.6) is 0 Å². The van der Waals surface area contributed by atoms with Gasteiger partial charge in [-0.25, -0.2) is 0 Å². The molecule has 1 unspecified atom stereocenters. The molecule has 1 aliphatic heterocycles. The summed E-state index contributed by atoms with van der Waals surface area (Å²) in [5.41, 5.74) is 2.40. The monoisotopic (exact) mass is 412 g/mol. The number of hydrogen-bond acceptors (Lipinski definition) is 4. The summed E-state index contributed by atoms with van der Waals surface area (Å²) in [6.07, 6.45) is 3.40. The molecular formula is C24H32N2O4. The number of nitrogens with one attached hydrogen (secondary N) is 1. The largest absolute Gasteiger partial charge is 0.483 e. The second-order valence-electron chi connectivity index (χ2n) is 7.57. The molecule has 0 bridgehead atoms. The predicted octanol–water partition coefficient (Wildman–Crippen LogP) is 2.71. The van der Waals surface area contributed by atoms with E-state index in [4.69, 9.17) is 9.90 Å². The molecule has 0 aliphatic carbocycles. The number of piperidine rings is 1. The van der Waals surface area contributed by atoms with Gasteiger partial charge in [0.05, 0.1) is 12.6 Å². The number of carbonyl (C=O) groups excluding carboxylic acids is 1. The normalized spacial score (nSPS) is 15.5. The lowest BCUT2D eigenvalue weighted by atomic mass is 9.88. The zero-order valence-electron chi connectivity index (χ0n) is 17.3. The molecule has 0 radical (unpaired) electrons. The molecule has 30 heavy (non-hydrogen) atoms. The molecule has 1 fully saturated rings. The Labute approximate surface area is 178 Å². The fourth-order valence-electron chi connectivity index (χ4n) is 3.75. The fourth-order valence-corrected chi connectivity index (χ4v) is 3.75. The second kappa shape index (κ2) is 13.5. The summed E-state index contributed by atoms with van der Waals surface area (Å²) >= 11 is 0. The number of aliphatic hydroxyl groups excluding tert-OH is 1. The highest BCUT2D eigenvalue weighted by molar-refractivity contribution is 5.78. The molecule has 3 N–H and O–H groups in total. The van der Waals surface area contributed by atoms with Crippen molar-refractivity contribution in [1.82, 2.24) is 10.2 Å². The maximum atomic E-state index is 12.2. The van der Waals surface area contributed by atoms with Crippen LogP contribution in [0.2, 0.25) is 0 Å². The van der Waals surface area contributed by atoms with E-state index in [1.165, 1.54) is 5.56 Å². The average molecular weight is 413 g/mol. The Morgan fingerprint density at radius 2 is 1.57 bits per heavy atom. The van der Waals surface area contributed by atoms with Crippen molar-refractivity contribution in [1.29, 1.82) is 0 Å². The Bertz CT molecular complexity index is 731. The van der Waals surface area contributed by atoms with Crippen LogP contribution in [-0.2, 0) is 22.6 Å². The van der Waals surface area contributed by atoms with Crippen molar-refractivity contribution in [3.05, 3.63) is 71.8 Å². The first-order valence-corrected chi connectivity index (χ1v) is 10.4. The van der Waals surface area contributed by atoms with Gasteiger partial charge in [0.2, 0.25) is 5.91 Å². The maximum absolute atomic E-state index is 12.2. The van der Waals surface area contributed by atoms with Crippen LogP contribution < -0.4 is 5.32 Å². The summed E-state index contributed by atoms with van der Waals surface area (Å²) in [4.78, 5) is 22.7. The Hall–Kier alpha value is -2.70. The topological polar surface area (TPSA) is 89.9 Å². The molecule has 1 amide bonds. The Kier molecular flexibility index (Phi) is 10.6. The van der Waals surface area contributed by atoms with Crippen LogP contribution in [0.25, 0.3) is 0 Å². The van der Waals surface area contributed by atoms with Crippen molar-refractivity contribution >= 4 is 12.4 Å². The van der Waals surface area contributed by atoms with Gasteiger partial charge in [-0.2, -0.15) is 0 Å². The summed E-state index contributed by atoms with van der Waals surface area (Å²) < 4.78 is 0. The lowest BCUT2D eigenvalue weighted by Crippen LogP contribution is -2.43. The van der Waals surface area contributed by atoms with Gasteiger partial charge in [0.25, 0.3) is 6.47 Å². The van der Waals surface area contributed by atoms with Crippen molar-refractivity contribution < 1.29 is 19.8 Å². The number of aliphatic hydroxyl groups is 1. The number of hydrogen-bond donors (Lipinski definition) is 3. The zero-order chi connectivity index (χ0) is 21.6. The minimum absolute atomic E-state index is 0.0712. The summed E-state index contributed by atoms with van der Waals surface area (Å²) in [5.74, 6) is 0.416. The first-order chi connectivity index (χ1) is 14.6. The van der Waals surface area contributed by atoms with Crippen LogP contribution in [0.1, 0.15) is 30.4 Å². The van der Waals surface area contributed by atoms with E-state index in [0.717, 1.165) is 44.3 Å². The van der Waals surface area contributed by atoms with E-state index in [-0.39, 0.29) is 18.5 Å². The smallest absolute Gasteiger partial charge is 0.290 e. The Morgan fingerprint density at radius 3 is 2.13 bits per heavy atom. The molecule has 6 heteroatoms. The number of likely N-dealkylation sites (tertiary alicyclic amines) is 1. The third kappa shape index (κ3) is 8.76. The van der Waals surface area contributed by atoms with E-state index in [9.17, 15) is 9.90 Å². The van der Waals surface area contributed by atoms with Crippen LogP contribution in [-0.4, -0.2) is 53.2 Å². The number of amides is 1. The molecule has 2 aromatic rings. The van der Waals surface area contributed by atoms with Crippen LogP contribution in [0.3, 0.4) is 0 Å². The molecule has 0 saturated carbocycles. The zero-order valence-corrected chi connectivity index (χ0v) is 17.3. The number of rotatable bonds is 8. The molecule has 3 rings (SSSR count). The Balaban J connectivity index is 0.00000101. The number of aryl methyl sites for hydroxylation is 1. The van der Waals surface area contributed by atoms with E-state index in [2.05, 4.69) is 22.3 Å². The maximum Gasteiger partial charge on any atom is 0.290 e. The summed E-state index contributed by atoms with van der Waals surface area (Å²) in [6.45, 7) is 2.53. The van der Waals surface area contributed by atoms with Gasteiger partial charge in [-0.05, 0) is 55.8 Å². The highest BCUT2D eigenvalue weighted by Gasteiger charge is 2.25. The van der Waals surface area contributed by atoms with Crippen LogP contribution >= 0.6 is 0 Å². The number of carbonyl (C=O) groups is 2. The molecule has 1 atom stereocenters. The molecule has 162 valence electrons. The van der Waals surface area contributed by atoms with Crippen molar-refractivity contribution in [2.24, 2.45) is 5.92 Å². The SMILES string of the molecule is O=C(CN1CCC(C(O)CCc2ccccc2)CC1)NCc1ccccc1.O=CO. The highest BCUT2D eigenvalue weighted by Crippen LogP contribution is 2.23. The molecule has 0 aromatic heterocycles. The van der Waals surface area contributed by atoms with Gasteiger partial charge in [-0.3, -0.25) is 14.5 Å².